The highest BCUT2D eigenvalue weighted by Crippen LogP contribution is 2.37. The van der Waals surface area contributed by atoms with Gasteiger partial charge in [0.15, 0.2) is 14.5 Å². The van der Waals surface area contributed by atoms with Crippen LogP contribution in [0.4, 0.5) is 0 Å². The number of hydrogen-bond acceptors (Lipinski definition) is 6. The molecule has 0 radical (unpaired) electrons. The molecule has 0 bridgehead atoms. The van der Waals surface area contributed by atoms with Crippen LogP contribution in [0.25, 0.3) is 0 Å². The molecule has 1 aromatic heterocycles. The molecular weight excluding hydrogens is 332 g/mol. The summed E-state index contributed by atoms with van der Waals surface area (Å²) in [4.78, 5) is 25.1. The summed E-state index contributed by atoms with van der Waals surface area (Å²) in [5.74, 6) is 0. The van der Waals surface area contributed by atoms with E-state index in [2.05, 4.69) is 38.8 Å². The van der Waals surface area contributed by atoms with E-state index in [9.17, 15) is 19.8 Å². The lowest BCUT2D eigenvalue weighted by Crippen LogP contribution is -2.44. The Morgan fingerprint density at radius 2 is 1.92 bits per heavy atom. The fraction of sp³-hybridized carbons (Fsp3) is 0.733. The second-order valence-electron chi connectivity index (χ2n) is 7.64. The van der Waals surface area contributed by atoms with Crippen LogP contribution in [0.3, 0.4) is 0 Å². The van der Waals surface area contributed by atoms with Gasteiger partial charge in [-0.15, -0.1) is 0 Å². The van der Waals surface area contributed by atoms with Crippen LogP contribution in [0.15, 0.2) is 21.9 Å². The molecule has 0 aliphatic carbocycles. The van der Waals surface area contributed by atoms with E-state index in [1.807, 2.05) is 0 Å². The Balaban J connectivity index is 2.13. The minimum Gasteiger partial charge on any atom is -0.414 e. The van der Waals surface area contributed by atoms with Crippen LogP contribution in [0.5, 0.6) is 0 Å². The number of nitrogens with zero attached hydrogens (tertiary/aromatic N) is 1. The van der Waals surface area contributed by atoms with E-state index in [1.165, 1.54) is 6.20 Å². The Hall–Kier alpha value is -1.26. The van der Waals surface area contributed by atoms with Crippen molar-refractivity contribution in [3.63, 3.8) is 0 Å². The van der Waals surface area contributed by atoms with E-state index in [0.29, 0.717) is 0 Å². The van der Waals surface area contributed by atoms with Crippen LogP contribution in [-0.4, -0.2) is 53.0 Å². The number of H-pyrrole nitrogens is 1. The van der Waals surface area contributed by atoms with Gasteiger partial charge in [0.2, 0.25) is 0 Å². The summed E-state index contributed by atoms with van der Waals surface area (Å²) in [6.07, 6.45) is -3.06. The minimum atomic E-state index is -2.03. The first kappa shape index (κ1) is 19.1. The normalized spacial score (nSPS) is 28.3. The first-order chi connectivity index (χ1) is 10.9. The van der Waals surface area contributed by atoms with Gasteiger partial charge in [0.25, 0.3) is 5.56 Å². The van der Waals surface area contributed by atoms with Gasteiger partial charge in [0, 0.05) is 12.3 Å². The third kappa shape index (κ3) is 3.70. The summed E-state index contributed by atoms with van der Waals surface area (Å²) in [5, 5.41) is 20.4. The lowest BCUT2D eigenvalue weighted by atomic mass is 10.1. The van der Waals surface area contributed by atoms with Crippen LogP contribution in [0.2, 0.25) is 18.1 Å². The van der Waals surface area contributed by atoms with Crippen molar-refractivity contribution in [1.29, 1.82) is 0 Å². The fourth-order valence-electron chi connectivity index (χ4n) is 2.23. The number of aromatic nitrogens is 2. The van der Waals surface area contributed by atoms with Gasteiger partial charge < -0.3 is 19.4 Å². The molecule has 3 N–H and O–H groups in total. The third-order valence-electron chi connectivity index (χ3n) is 4.88. The van der Waals surface area contributed by atoms with Crippen molar-refractivity contribution < 1.29 is 19.4 Å². The monoisotopic (exact) mass is 358 g/mol. The van der Waals surface area contributed by atoms with Gasteiger partial charge in [-0.1, -0.05) is 20.8 Å². The molecule has 1 saturated heterocycles. The van der Waals surface area contributed by atoms with Gasteiger partial charge in [0.05, 0.1) is 6.61 Å². The quantitative estimate of drug-likeness (QED) is 0.662. The Morgan fingerprint density at radius 1 is 1.29 bits per heavy atom. The Morgan fingerprint density at radius 3 is 2.46 bits per heavy atom. The fourth-order valence-corrected chi connectivity index (χ4v) is 3.25. The molecule has 2 heterocycles. The third-order valence-corrected chi connectivity index (χ3v) is 9.38. The average Bonchev–Trinajstić information content (AvgIpc) is 2.72. The number of aliphatic hydroxyl groups is 2. The highest BCUT2D eigenvalue weighted by atomic mass is 28.4. The van der Waals surface area contributed by atoms with Gasteiger partial charge >= 0.3 is 5.69 Å². The first-order valence-electron chi connectivity index (χ1n) is 7.91. The van der Waals surface area contributed by atoms with Crippen molar-refractivity contribution in [3.05, 3.63) is 33.1 Å². The van der Waals surface area contributed by atoms with E-state index < -0.39 is 44.1 Å². The maximum Gasteiger partial charge on any atom is 0.330 e. The lowest BCUT2D eigenvalue weighted by molar-refractivity contribution is -0.0531. The largest absolute Gasteiger partial charge is 0.414 e. The van der Waals surface area contributed by atoms with Crippen molar-refractivity contribution in [3.8, 4) is 0 Å². The molecule has 0 aromatic carbocycles. The Kier molecular flexibility index (Phi) is 5.21. The highest BCUT2D eigenvalue weighted by molar-refractivity contribution is 6.74. The molecule has 4 atom stereocenters. The standard InChI is InChI=1S/C15H26N2O6Si/c1-15(2,3)24(4,5)22-8-9-11(19)12(20)13(23-9)17-7-6-10(18)16-14(17)21/h6-7,9,11-13,19-20H,8H2,1-5H3,(H,16,18,21)/t9-,11-,12-,13-/m1/s1. The molecule has 8 nitrogen and oxygen atoms in total. The highest BCUT2D eigenvalue weighted by Gasteiger charge is 2.46. The summed E-state index contributed by atoms with van der Waals surface area (Å²) in [6.45, 7) is 10.6. The number of aliphatic hydroxyl groups excluding tert-OH is 2. The molecule has 9 heteroatoms. The average molecular weight is 358 g/mol. The van der Waals surface area contributed by atoms with Gasteiger partial charge in [-0.2, -0.15) is 0 Å². The van der Waals surface area contributed by atoms with Gasteiger partial charge in [-0.3, -0.25) is 14.3 Å². The zero-order valence-corrected chi connectivity index (χ0v) is 15.6. The van der Waals surface area contributed by atoms with Crippen molar-refractivity contribution in [2.45, 2.75) is 63.4 Å². The Labute approximate surface area is 141 Å². The van der Waals surface area contributed by atoms with Crippen molar-refractivity contribution >= 4 is 8.32 Å². The summed E-state index contributed by atoms with van der Waals surface area (Å²) in [7, 11) is -2.03. The van der Waals surface area contributed by atoms with Gasteiger partial charge in [0.1, 0.15) is 18.3 Å². The van der Waals surface area contributed by atoms with Crippen molar-refractivity contribution in [1.82, 2.24) is 9.55 Å². The number of rotatable bonds is 4. The van der Waals surface area contributed by atoms with Crippen LogP contribution < -0.4 is 11.2 Å². The van der Waals surface area contributed by atoms with E-state index in [-0.39, 0.29) is 11.6 Å². The Bertz CT molecular complexity index is 692. The molecule has 1 aromatic rings. The second-order valence-corrected chi connectivity index (χ2v) is 12.4. The smallest absolute Gasteiger partial charge is 0.330 e. The van der Waals surface area contributed by atoms with E-state index >= 15 is 0 Å². The zero-order valence-electron chi connectivity index (χ0n) is 14.6. The van der Waals surface area contributed by atoms with Crippen LogP contribution in [0.1, 0.15) is 27.0 Å². The van der Waals surface area contributed by atoms with Gasteiger partial charge in [-0.05, 0) is 18.1 Å². The minimum absolute atomic E-state index is 0.00439. The molecule has 0 spiro atoms. The zero-order chi connectivity index (χ0) is 18.3. The molecule has 1 aliphatic rings. The van der Waals surface area contributed by atoms with E-state index in [1.54, 1.807) is 0 Å². The van der Waals surface area contributed by atoms with Crippen LogP contribution in [-0.2, 0) is 9.16 Å². The number of aromatic amines is 1. The predicted molar refractivity (Wildman–Crippen MR) is 90.4 cm³/mol. The second kappa shape index (κ2) is 6.56. The molecule has 24 heavy (non-hydrogen) atoms. The molecule has 0 amide bonds. The van der Waals surface area contributed by atoms with Crippen LogP contribution in [0, 0.1) is 0 Å². The molecule has 136 valence electrons. The molecule has 1 fully saturated rings. The molecule has 1 aliphatic heterocycles. The molecule has 2 rings (SSSR count). The maximum atomic E-state index is 11.8. The number of ether oxygens (including phenoxy) is 1. The molecule has 0 saturated carbocycles. The van der Waals surface area contributed by atoms with E-state index in [4.69, 9.17) is 9.16 Å². The van der Waals surface area contributed by atoms with Gasteiger partial charge in [-0.25, -0.2) is 4.79 Å². The van der Waals surface area contributed by atoms with Crippen molar-refractivity contribution in [2.24, 2.45) is 0 Å². The first-order valence-corrected chi connectivity index (χ1v) is 10.8. The lowest BCUT2D eigenvalue weighted by Gasteiger charge is -2.37. The van der Waals surface area contributed by atoms with Crippen LogP contribution >= 0.6 is 0 Å². The SMILES string of the molecule is CC(C)(C)[Si](C)(C)OC[C@H]1O[C@@H](n2ccc(=O)[nH]c2=O)[C@H](O)[C@@H]1O. The maximum absolute atomic E-state index is 11.8. The van der Waals surface area contributed by atoms with E-state index in [0.717, 1.165) is 10.6 Å². The summed E-state index contributed by atoms with van der Waals surface area (Å²) < 4.78 is 12.7. The summed E-state index contributed by atoms with van der Waals surface area (Å²) >= 11 is 0. The summed E-state index contributed by atoms with van der Waals surface area (Å²) in [5.41, 5.74) is -1.24. The summed E-state index contributed by atoms with van der Waals surface area (Å²) in [6, 6.07) is 1.16. The molecular formula is C15H26N2O6Si. The predicted octanol–water partition coefficient (Wildman–Crippen LogP) is 0.178. The molecule has 0 unspecified atom stereocenters. The number of hydrogen-bond donors (Lipinski definition) is 3. The topological polar surface area (TPSA) is 114 Å². The number of nitrogens with one attached hydrogen (secondary N) is 1. The van der Waals surface area contributed by atoms with Crippen molar-refractivity contribution in [2.75, 3.05) is 6.61 Å².